The quantitative estimate of drug-likeness (QED) is 0.366. The zero-order chi connectivity index (χ0) is 20.0. The molecule has 1 heterocycles. The Labute approximate surface area is 165 Å². The van der Waals surface area contributed by atoms with Gasteiger partial charge >= 0.3 is 6.09 Å². The number of allylic oxidation sites excluding steroid dienone is 2. The van der Waals surface area contributed by atoms with Crippen LogP contribution in [0.1, 0.15) is 79.6 Å². The first-order chi connectivity index (χ1) is 12.8. The molecule has 0 spiro atoms. The van der Waals surface area contributed by atoms with E-state index in [4.69, 9.17) is 9.47 Å². The van der Waals surface area contributed by atoms with Crippen molar-refractivity contribution < 1.29 is 14.3 Å². The van der Waals surface area contributed by atoms with Crippen molar-refractivity contribution in [1.29, 1.82) is 0 Å². The first-order valence-corrected chi connectivity index (χ1v) is 10.6. The van der Waals surface area contributed by atoms with Crippen LogP contribution >= 0.6 is 0 Å². The van der Waals surface area contributed by atoms with Crippen LogP contribution in [0.2, 0.25) is 0 Å². The highest BCUT2D eigenvalue weighted by atomic mass is 16.6. The molecule has 1 saturated carbocycles. The Morgan fingerprint density at radius 1 is 1.22 bits per heavy atom. The van der Waals surface area contributed by atoms with E-state index in [0.29, 0.717) is 18.4 Å². The number of carbonyl (C=O) groups excluding carboxylic acids is 1. The van der Waals surface area contributed by atoms with Gasteiger partial charge in [-0.15, -0.1) is 0 Å². The Morgan fingerprint density at radius 2 is 1.96 bits per heavy atom. The van der Waals surface area contributed by atoms with Crippen molar-refractivity contribution in [2.45, 2.75) is 91.2 Å². The first kappa shape index (κ1) is 21.8. The van der Waals surface area contributed by atoms with Crippen molar-refractivity contribution >= 4 is 12.0 Å². The molecular weight excluding hydrogens is 340 g/mol. The Balaban J connectivity index is 2.10. The van der Waals surface area contributed by atoms with Gasteiger partial charge < -0.3 is 9.47 Å². The standard InChI is InChI=1S/C22H38N2O3/c1-7-16-12-13-17(15-16)19(8-2)26-20(23-6)18-11-9-10-14-24(18)21(25)27-22(3,4)5/h8,16-18H,7,9-15H2,1-6H3/b19-8+,23-20-/t16-,17?,18+/m0/s1. The number of aliphatic imine (C=N–C) groups is 1. The Morgan fingerprint density at radius 3 is 2.52 bits per heavy atom. The summed E-state index contributed by atoms with van der Waals surface area (Å²) >= 11 is 0. The number of hydrogen-bond acceptors (Lipinski definition) is 4. The van der Waals surface area contributed by atoms with E-state index in [1.54, 1.807) is 11.9 Å². The number of likely N-dealkylation sites (tertiary alicyclic amines) is 1. The highest BCUT2D eigenvalue weighted by molar-refractivity contribution is 5.86. The highest BCUT2D eigenvalue weighted by Gasteiger charge is 2.36. The van der Waals surface area contributed by atoms with Gasteiger partial charge in [-0.25, -0.2) is 4.79 Å². The maximum absolute atomic E-state index is 12.7. The lowest BCUT2D eigenvalue weighted by molar-refractivity contribution is 0.0148. The average molecular weight is 379 g/mol. The number of carbonyl (C=O) groups is 1. The van der Waals surface area contributed by atoms with Crippen LogP contribution in [0.4, 0.5) is 4.79 Å². The van der Waals surface area contributed by atoms with E-state index >= 15 is 0 Å². The van der Waals surface area contributed by atoms with E-state index in [0.717, 1.165) is 30.9 Å². The molecule has 0 bridgehead atoms. The molecule has 2 fully saturated rings. The number of hydrogen-bond donors (Lipinski definition) is 0. The van der Waals surface area contributed by atoms with Gasteiger partial charge in [0, 0.05) is 19.5 Å². The van der Waals surface area contributed by atoms with Crippen LogP contribution in [0.3, 0.4) is 0 Å². The molecule has 0 aromatic carbocycles. The summed E-state index contributed by atoms with van der Waals surface area (Å²) in [5, 5.41) is 0. The smallest absolute Gasteiger partial charge is 0.410 e. The second kappa shape index (κ2) is 9.61. The lowest BCUT2D eigenvalue weighted by Crippen LogP contribution is -2.50. The van der Waals surface area contributed by atoms with Gasteiger partial charge in [0.15, 0.2) is 0 Å². The van der Waals surface area contributed by atoms with Crippen molar-refractivity contribution in [2.24, 2.45) is 16.8 Å². The van der Waals surface area contributed by atoms with E-state index in [-0.39, 0.29) is 12.1 Å². The molecule has 27 heavy (non-hydrogen) atoms. The van der Waals surface area contributed by atoms with Crippen molar-refractivity contribution in [2.75, 3.05) is 13.6 Å². The van der Waals surface area contributed by atoms with Crippen LogP contribution in [0.15, 0.2) is 16.8 Å². The number of nitrogens with zero attached hydrogens (tertiary/aromatic N) is 2. The molecule has 154 valence electrons. The molecule has 1 amide bonds. The summed E-state index contributed by atoms with van der Waals surface area (Å²) in [4.78, 5) is 19.0. The Hall–Kier alpha value is -1.52. The zero-order valence-electron chi connectivity index (χ0n) is 18.1. The minimum Gasteiger partial charge on any atom is -0.446 e. The van der Waals surface area contributed by atoms with E-state index in [1.165, 1.54) is 25.7 Å². The molecule has 0 radical (unpaired) electrons. The third-order valence-electron chi connectivity index (χ3n) is 5.66. The van der Waals surface area contributed by atoms with Crippen LogP contribution in [-0.4, -0.2) is 42.1 Å². The van der Waals surface area contributed by atoms with Gasteiger partial charge in [-0.3, -0.25) is 9.89 Å². The summed E-state index contributed by atoms with van der Waals surface area (Å²) in [5.41, 5.74) is -0.503. The van der Waals surface area contributed by atoms with Gasteiger partial charge in [-0.1, -0.05) is 13.3 Å². The van der Waals surface area contributed by atoms with Crippen molar-refractivity contribution in [3.63, 3.8) is 0 Å². The summed E-state index contributed by atoms with van der Waals surface area (Å²) < 4.78 is 12.0. The highest BCUT2D eigenvalue weighted by Crippen LogP contribution is 2.38. The SMILES string of the molecule is C/C=C(/O/C(=N\C)[C@H]1CCCCN1C(=O)OC(C)(C)C)C1CC[C@H](CC)C1. The predicted molar refractivity (Wildman–Crippen MR) is 110 cm³/mol. The molecule has 0 aromatic rings. The summed E-state index contributed by atoms with van der Waals surface area (Å²) in [7, 11) is 1.76. The number of amides is 1. The topological polar surface area (TPSA) is 51.1 Å². The molecule has 1 saturated heterocycles. The van der Waals surface area contributed by atoms with Crippen LogP contribution in [0.5, 0.6) is 0 Å². The van der Waals surface area contributed by atoms with E-state index in [2.05, 4.69) is 18.0 Å². The van der Waals surface area contributed by atoms with Crippen molar-refractivity contribution in [3.05, 3.63) is 11.8 Å². The molecule has 2 aliphatic rings. The van der Waals surface area contributed by atoms with Crippen LogP contribution < -0.4 is 0 Å². The Bertz CT molecular complexity index is 562. The van der Waals surface area contributed by atoms with Crippen molar-refractivity contribution in [1.82, 2.24) is 4.90 Å². The minimum atomic E-state index is -0.503. The van der Waals surface area contributed by atoms with Gasteiger partial charge in [0.05, 0.1) is 0 Å². The maximum atomic E-state index is 12.7. The normalized spacial score (nSPS) is 27.6. The molecule has 0 N–H and O–H groups in total. The van der Waals surface area contributed by atoms with E-state index < -0.39 is 5.60 Å². The summed E-state index contributed by atoms with van der Waals surface area (Å²) in [6.07, 6.45) is 9.60. The number of rotatable bonds is 4. The van der Waals surface area contributed by atoms with Crippen LogP contribution in [-0.2, 0) is 9.47 Å². The minimum absolute atomic E-state index is 0.142. The fraction of sp³-hybridized carbons (Fsp3) is 0.818. The fourth-order valence-electron chi connectivity index (χ4n) is 4.19. The molecule has 3 atom stereocenters. The molecule has 1 unspecified atom stereocenters. The summed E-state index contributed by atoms with van der Waals surface area (Å²) in [6.45, 7) is 10.7. The molecule has 5 nitrogen and oxygen atoms in total. The van der Waals surface area contributed by atoms with Crippen LogP contribution in [0, 0.1) is 11.8 Å². The summed E-state index contributed by atoms with van der Waals surface area (Å²) in [6, 6.07) is -0.142. The molecule has 5 heteroatoms. The molecule has 1 aliphatic carbocycles. The van der Waals surface area contributed by atoms with Gasteiger partial charge in [0.2, 0.25) is 5.90 Å². The largest absolute Gasteiger partial charge is 0.446 e. The third kappa shape index (κ3) is 5.98. The lowest BCUT2D eigenvalue weighted by Gasteiger charge is -2.37. The van der Waals surface area contributed by atoms with E-state index in [1.807, 2.05) is 27.7 Å². The van der Waals surface area contributed by atoms with Gasteiger partial charge in [-0.05, 0) is 78.2 Å². The second-order valence-corrected chi connectivity index (χ2v) is 8.82. The lowest BCUT2D eigenvalue weighted by atomic mass is 10.00. The predicted octanol–water partition coefficient (Wildman–Crippen LogP) is 5.55. The molecule has 1 aliphatic heterocycles. The average Bonchev–Trinajstić information content (AvgIpc) is 3.10. The zero-order valence-corrected chi connectivity index (χ0v) is 18.1. The van der Waals surface area contributed by atoms with Gasteiger partial charge in [0.25, 0.3) is 0 Å². The number of ether oxygens (including phenoxy) is 2. The van der Waals surface area contributed by atoms with E-state index in [9.17, 15) is 4.79 Å². The maximum Gasteiger partial charge on any atom is 0.410 e. The molecular formula is C22H38N2O3. The van der Waals surface area contributed by atoms with Crippen LogP contribution in [0.25, 0.3) is 0 Å². The summed E-state index contributed by atoms with van der Waals surface area (Å²) in [5.74, 6) is 2.92. The fourth-order valence-corrected chi connectivity index (χ4v) is 4.19. The van der Waals surface area contributed by atoms with Crippen molar-refractivity contribution in [3.8, 4) is 0 Å². The number of piperidine rings is 1. The second-order valence-electron chi connectivity index (χ2n) is 8.82. The van der Waals surface area contributed by atoms with Gasteiger partial charge in [0.1, 0.15) is 17.4 Å². The first-order valence-electron chi connectivity index (χ1n) is 10.6. The monoisotopic (exact) mass is 378 g/mol. The third-order valence-corrected chi connectivity index (χ3v) is 5.66. The Kier molecular flexibility index (Phi) is 7.75. The van der Waals surface area contributed by atoms with Gasteiger partial charge in [-0.2, -0.15) is 0 Å². The molecule has 0 aromatic heterocycles. The molecule has 2 rings (SSSR count).